The van der Waals surface area contributed by atoms with Crippen LogP contribution in [0.5, 0.6) is 0 Å². The van der Waals surface area contributed by atoms with Crippen LogP contribution in [-0.2, 0) is 11.3 Å². The minimum absolute atomic E-state index is 0. The molecule has 1 aliphatic heterocycles. The average Bonchev–Trinajstić information content (AvgIpc) is 2.40. The molecule has 2 rings (SSSR count). The van der Waals surface area contributed by atoms with Crippen molar-refractivity contribution in [2.45, 2.75) is 38.5 Å². The Kier molecular flexibility index (Phi) is 8.62. The second-order valence-corrected chi connectivity index (χ2v) is 4.78. The Morgan fingerprint density at radius 2 is 2.00 bits per heavy atom. The molecule has 0 radical (unpaired) electrons. The SMILES string of the molecule is C[C@H]1[C@H](N)CCCN1C(=O)OCc1ccccc1.Cl.Cl. The van der Waals surface area contributed by atoms with Crippen molar-refractivity contribution in [3.8, 4) is 0 Å². The molecule has 20 heavy (non-hydrogen) atoms. The van der Waals surface area contributed by atoms with Crippen molar-refractivity contribution in [3.05, 3.63) is 35.9 Å². The molecule has 114 valence electrons. The van der Waals surface area contributed by atoms with Crippen molar-refractivity contribution in [2.24, 2.45) is 5.73 Å². The first-order chi connectivity index (χ1) is 8.68. The summed E-state index contributed by atoms with van der Waals surface area (Å²) in [4.78, 5) is 13.7. The molecule has 1 aliphatic rings. The number of carbonyl (C=O) groups is 1. The van der Waals surface area contributed by atoms with Gasteiger partial charge >= 0.3 is 6.09 Å². The standard InChI is InChI=1S/C14H20N2O2.2ClH/c1-11-13(15)8-5-9-16(11)14(17)18-10-12-6-3-2-4-7-12;;/h2-4,6-7,11,13H,5,8-10,15H2,1H3;2*1H/t11-,13+;;/m0../s1. The van der Waals surface area contributed by atoms with E-state index in [-0.39, 0.29) is 43.0 Å². The molecule has 1 fully saturated rings. The Balaban J connectivity index is 0.00000180. The van der Waals surface area contributed by atoms with Gasteiger partial charge in [-0.1, -0.05) is 30.3 Å². The molecular weight excluding hydrogens is 299 g/mol. The molecule has 0 aliphatic carbocycles. The number of carbonyl (C=O) groups excluding carboxylic acids is 1. The van der Waals surface area contributed by atoms with Crippen LogP contribution in [0.25, 0.3) is 0 Å². The summed E-state index contributed by atoms with van der Waals surface area (Å²) in [6, 6.07) is 9.81. The second-order valence-electron chi connectivity index (χ2n) is 4.78. The van der Waals surface area contributed by atoms with Crippen molar-refractivity contribution in [1.82, 2.24) is 4.90 Å². The van der Waals surface area contributed by atoms with E-state index in [1.54, 1.807) is 4.90 Å². The summed E-state index contributed by atoms with van der Waals surface area (Å²) in [6.07, 6.45) is 1.66. The van der Waals surface area contributed by atoms with E-state index >= 15 is 0 Å². The fourth-order valence-electron chi connectivity index (χ4n) is 2.23. The van der Waals surface area contributed by atoms with E-state index in [9.17, 15) is 4.79 Å². The zero-order valence-corrected chi connectivity index (χ0v) is 13.2. The van der Waals surface area contributed by atoms with Crippen LogP contribution in [0.3, 0.4) is 0 Å². The number of amides is 1. The number of nitrogens with two attached hydrogens (primary N) is 1. The molecule has 6 heteroatoms. The second kappa shape index (κ2) is 9.06. The highest BCUT2D eigenvalue weighted by Crippen LogP contribution is 2.17. The Labute approximate surface area is 132 Å². The van der Waals surface area contributed by atoms with Crippen LogP contribution in [0.2, 0.25) is 0 Å². The lowest BCUT2D eigenvalue weighted by molar-refractivity contribution is 0.0666. The van der Waals surface area contributed by atoms with Gasteiger partial charge in [0.2, 0.25) is 0 Å². The van der Waals surface area contributed by atoms with Gasteiger partial charge in [-0.15, -0.1) is 24.8 Å². The predicted octanol–water partition coefficient (Wildman–Crippen LogP) is 2.98. The van der Waals surface area contributed by atoms with Gasteiger partial charge in [-0.2, -0.15) is 0 Å². The molecule has 1 amide bonds. The Bertz CT molecular complexity index is 403. The number of halogens is 2. The molecule has 0 aromatic heterocycles. The summed E-state index contributed by atoms with van der Waals surface area (Å²) < 4.78 is 5.32. The highest BCUT2D eigenvalue weighted by atomic mass is 35.5. The smallest absolute Gasteiger partial charge is 0.410 e. The summed E-state index contributed by atoms with van der Waals surface area (Å²) in [7, 11) is 0. The maximum atomic E-state index is 12.0. The third-order valence-corrected chi connectivity index (χ3v) is 3.49. The van der Waals surface area contributed by atoms with E-state index in [1.807, 2.05) is 37.3 Å². The van der Waals surface area contributed by atoms with Crippen LogP contribution >= 0.6 is 24.8 Å². The van der Waals surface area contributed by atoms with Crippen LogP contribution in [0.4, 0.5) is 4.79 Å². The summed E-state index contributed by atoms with van der Waals surface area (Å²) in [5.41, 5.74) is 6.96. The summed E-state index contributed by atoms with van der Waals surface area (Å²) >= 11 is 0. The maximum absolute atomic E-state index is 12.0. The maximum Gasteiger partial charge on any atom is 0.410 e. The number of nitrogens with zero attached hydrogens (tertiary/aromatic N) is 1. The fourth-order valence-corrected chi connectivity index (χ4v) is 2.23. The monoisotopic (exact) mass is 320 g/mol. The summed E-state index contributed by atoms with van der Waals surface area (Å²) in [5, 5.41) is 0. The summed E-state index contributed by atoms with van der Waals surface area (Å²) in [6.45, 7) is 3.04. The van der Waals surface area contributed by atoms with Crippen molar-refractivity contribution in [3.63, 3.8) is 0 Å². The minimum atomic E-state index is -0.262. The van der Waals surface area contributed by atoms with E-state index < -0.39 is 0 Å². The molecule has 0 saturated carbocycles. The molecule has 2 atom stereocenters. The lowest BCUT2D eigenvalue weighted by Crippen LogP contribution is -2.52. The molecule has 0 unspecified atom stereocenters. The van der Waals surface area contributed by atoms with E-state index in [4.69, 9.17) is 10.5 Å². The summed E-state index contributed by atoms with van der Waals surface area (Å²) in [5.74, 6) is 0. The zero-order chi connectivity index (χ0) is 13.0. The van der Waals surface area contributed by atoms with Crippen molar-refractivity contribution >= 4 is 30.9 Å². The van der Waals surface area contributed by atoms with E-state index in [0.717, 1.165) is 24.9 Å². The number of likely N-dealkylation sites (tertiary alicyclic amines) is 1. The van der Waals surface area contributed by atoms with E-state index in [2.05, 4.69) is 0 Å². The van der Waals surface area contributed by atoms with Gasteiger partial charge in [0.25, 0.3) is 0 Å². The topological polar surface area (TPSA) is 55.6 Å². The molecule has 2 N–H and O–H groups in total. The number of piperidine rings is 1. The molecule has 0 bridgehead atoms. The van der Waals surface area contributed by atoms with E-state index in [1.165, 1.54) is 0 Å². The molecule has 0 spiro atoms. The van der Waals surface area contributed by atoms with Gasteiger partial charge in [0.1, 0.15) is 6.61 Å². The van der Waals surface area contributed by atoms with Gasteiger partial charge in [-0.25, -0.2) is 4.79 Å². The number of hydrogen-bond donors (Lipinski definition) is 1. The normalized spacial score (nSPS) is 21.4. The van der Waals surface area contributed by atoms with Gasteiger partial charge in [0.05, 0.1) is 0 Å². The minimum Gasteiger partial charge on any atom is -0.445 e. The fraction of sp³-hybridized carbons (Fsp3) is 0.500. The number of rotatable bonds is 2. The molecule has 1 aromatic rings. The van der Waals surface area contributed by atoms with Gasteiger partial charge in [0, 0.05) is 18.6 Å². The largest absolute Gasteiger partial charge is 0.445 e. The number of hydrogen-bond acceptors (Lipinski definition) is 3. The van der Waals surface area contributed by atoms with Gasteiger partial charge in [-0.05, 0) is 25.3 Å². The van der Waals surface area contributed by atoms with Crippen LogP contribution in [-0.4, -0.2) is 29.6 Å². The lowest BCUT2D eigenvalue weighted by atomic mass is 9.99. The number of ether oxygens (including phenoxy) is 1. The Morgan fingerprint density at radius 1 is 1.35 bits per heavy atom. The van der Waals surface area contributed by atoms with Gasteiger partial charge < -0.3 is 15.4 Å². The van der Waals surface area contributed by atoms with Crippen molar-refractivity contribution in [1.29, 1.82) is 0 Å². The van der Waals surface area contributed by atoms with Crippen molar-refractivity contribution < 1.29 is 9.53 Å². The molecule has 1 heterocycles. The van der Waals surface area contributed by atoms with Crippen LogP contribution in [0, 0.1) is 0 Å². The van der Waals surface area contributed by atoms with Gasteiger partial charge in [0.15, 0.2) is 0 Å². The molecule has 4 nitrogen and oxygen atoms in total. The van der Waals surface area contributed by atoms with Crippen LogP contribution in [0.1, 0.15) is 25.3 Å². The molecule has 1 aromatic carbocycles. The Morgan fingerprint density at radius 3 is 2.65 bits per heavy atom. The Hall–Kier alpha value is -0.970. The van der Waals surface area contributed by atoms with Crippen LogP contribution in [0.15, 0.2) is 30.3 Å². The average molecular weight is 321 g/mol. The zero-order valence-electron chi connectivity index (χ0n) is 11.5. The van der Waals surface area contributed by atoms with Gasteiger partial charge in [-0.3, -0.25) is 0 Å². The highest BCUT2D eigenvalue weighted by molar-refractivity contribution is 5.85. The van der Waals surface area contributed by atoms with Crippen molar-refractivity contribution in [2.75, 3.05) is 6.54 Å². The third-order valence-electron chi connectivity index (χ3n) is 3.49. The van der Waals surface area contributed by atoms with Crippen LogP contribution < -0.4 is 5.73 Å². The van der Waals surface area contributed by atoms with E-state index in [0.29, 0.717) is 6.61 Å². The predicted molar refractivity (Wildman–Crippen MR) is 84.5 cm³/mol. The first-order valence-corrected chi connectivity index (χ1v) is 6.41. The lowest BCUT2D eigenvalue weighted by Gasteiger charge is -2.36. The quantitative estimate of drug-likeness (QED) is 0.911. The number of benzene rings is 1. The first-order valence-electron chi connectivity index (χ1n) is 6.41. The molecular formula is C14H22Cl2N2O2. The molecule has 1 saturated heterocycles. The highest BCUT2D eigenvalue weighted by Gasteiger charge is 2.29. The third kappa shape index (κ3) is 4.85. The first kappa shape index (κ1) is 19.0.